The lowest BCUT2D eigenvalue weighted by atomic mass is 9.98. The molecular formula is C26H43N3O5S. The van der Waals surface area contributed by atoms with Crippen LogP contribution >= 0.6 is 12.6 Å². The predicted molar refractivity (Wildman–Crippen MR) is 142 cm³/mol. The summed E-state index contributed by atoms with van der Waals surface area (Å²) in [7, 11) is 0. The minimum absolute atomic E-state index is 0.0157. The van der Waals surface area contributed by atoms with Crippen LogP contribution < -0.4 is 10.6 Å². The molecule has 0 spiro atoms. The maximum Gasteiger partial charge on any atom is 0.408 e. The summed E-state index contributed by atoms with van der Waals surface area (Å²) in [6.45, 7) is 13.0. The molecule has 3 amide bonds. The smallest absolute Gasteiger partial charge is 0.408 e. The minimum Gasteiger partial charge on any atom is -0.507 e. The number of rotatable bonds is 12. The number of hydrogen-bond acceptors (Lipinski definition) is 6. The monoisotopic (exact) mass is 509 g/mol. The van der Waals surface area contributed by atoms with E-state index in [1.165, 1.54) is 4.90 Å². The van der Waals surface area contributed by atoms with Crippen molar-refractivity contribution in [2.45, 2.75) is 97.9 Å². The molecule has 3 N–H and O–H groups in total. The molecule has 35 heavy (non-hydrogen) atoms. The molecule has 1 rings (SSSR count). The van der Waals surface area contributed by atoms with E-state index in [-0.39, 0.29) is 24.1 Å². The maximum absolute atomic E-state index is 13.8. The van der Waals surface area contributed by atoms with E-state index in [2.05, 4.69) is 30.2 Å². The first kappa shape index (κ1) is 30.6. The Hall–Kier alpha value is -2.42. The van der Waals surface area contributed by atoms with Gasteiger partial charge < -0.3 is 25.4 Å². The number of thiol groups is 1. The Labute approximate surface area is 215 Å². The first-order valence-electron chi connectivity index (χ1n) is 12.3. The van der Waals surface area contributed by atoms with Crippen LogP contribution in [0, 0.1) is 6.92 Å². The largest absolute Gasteiger partial charge is 0.507 e. The molecule has 9 heteroatoms. The summed E-state index contributed by atoms with van der Waals surface area (Å²) in [6, 6.07) is 2.87. The van der Waals surface area contributed by atoms with Gasteiger partial charge in [-0.3, -0.25) is 9.59 Å². The Balaban J connectivity index is 3.45. The van der Waals surface area contributed by atoms with E-state index in [1.54, 1.807) is 45.9 Å². The molecule has 8 nitrogen and oxygen atoms in total. The van der Waals surface area contributed by atoms with Gasteiger partial charge in [-0.2, -0.15) is 12.6 Å². The Morgan fingerprint density at radius 2 is 1.77 bits per heavy atom. The van der Waals surface area contributed by atoms with Crippen molar-refractivity contribution in [2.24, 2.45) is 0 Å². The number of phenolic OH excluding ortho intramolecular Hbond substituents is 1. The number of carbonyl (C=O) groups excluding carboxylic acids is 3. The maximum atomic E-state index is 13.8. The Kier molecular flexibility index (Phi) is 12.4. The number of unbranched alkanes of at least 4 members (excludes halogenated alkanes) is 3. The van der Waals surface area contributed by atoms with Gasteiger partial charge in [0.25, 0.3) is 0 Å². The van der Waals surface area contributed by atoms with Crippen molar-refractivity contribution in [1.29, 1.82) is 0 Å². The van der Waals surface area contributed by atoms with Crippen LogP contribution in [0.25, 0.3) is 0 Å². The van der Waals surface area contributed by atoms with Crippen LogP contribution in [-0.4, -0.2) is 57.9 Å². The highest BCUT2D eigenvalue weighted by Crippen LogP contribution is 2.32. The highest BCUT2D eigenvalue weighted by molar-refractivity contribution is 7.80. The molecule has 0 fully saturated rings. The van der Waals surface area contributed by atoms with Crippen LogP contribution in [0.1, 0.15) is 84.4 Å². The molecule has 0 aliphatic carbocycles. The van der Waals surface area contributed by atoms with E-state index >= 15 is 0 Å². The van der Waals surface area contributed by atoms with Gasteiger partial charge in [0.2, 0.25) is 11.8 Å². The fraction of sp³-hybridized carbons (Fsp3) is 0.654. The summed E-state index contributed by atoms with van der Waals surface area (Å²) < 4.78 is 5.32. The van der Waals surface area contributed by atoms with Crippen molar-refractivity contribution in [3.63, 3.8) is 0 Å². The zero-order chi connectivity index (χ0) is 26.8. The fourth-order valence-corrected chi connectivity index (χ4v) is 3.87. The van der Waals surface area contributed by atoms with Crippen molar-refractivity contribution in [1.82, 2.24) is 15.5 Å². The quantitative estimate of drug-likeness (QED) is 0.245. The number of ether oxygens (including phenoxy) is 1. The van der Waals surface area contributed by atoms with E-state index in [9.17, 15) is 19.5 Å². The lowest BCUT2D eigenvalue weighted by molar-refractivity contribution is -0.142. The fourth-order valence-electron chi connectivity index (χ4n) is 3.63. The van der Waals surface area contributed by atoms with Gasteiger partial charge >= 0.3 is 6.09 Å². The molecule has 0 aromatic heterocycles. The van der Waals surface area contributed by atoms with Crippen molar-refractivity contribution < 1.29 is 24.2 Å². The number of aromatic hydroxyl groups is 1. The van der Waals surface area contributed by atoms with Gasteiger partial charge in [-0.15, -0.1) is 0 Å². The lowest BCUT2D eigenvalue weighted by Gasteiger charge is -2.35. The van der Waals surface area contributed by atoms with Crippen LogP contribution in [0.2, 0.25) is 0 Å². The molecule has 0 saturated heterocycles. The number of carbonyl (C=O) groups is 3. The van der Waals surface area contributed by atoms with Gasteiger partial charge in [-0.25, -0.2) is 4.79 Å². The molecule has 1 aromatic carbocycles. The SMILES string of the molecule is CCCCCCN(C(=O)C(CS)NC(=O)OC(C)(C)C)C(C(=O)NC(C)C)c1cccc(C)c1O. The number of phenols is 1. The Morgan fingerprint density at radius 3 is 2.31 bits per heavy atom. The number of nitrogens with zero attached hydrogens (tertiary/aromatic N) is 1. The van der Waals surface area contributed by atoms with E-state index in [0.29, 0.717) is 17.5 Å². The van der Waals surface area contributed by atoms with Crippen LogP contribution in [0.5, 0.6) is 5.75 Å². The van der Waals surface area contributed by atoms with Crippen LogP contribution in [0.4, 0.5) is 4.79 Å². The average Bonchev–Trinajstić information content (AvgIpc) is 2.74. The number of alkyl carbamates (subject to hydrolysis) is 1. The normalized spacial score (nSPS) is 13.2. The molecule has 0 aliphatic heterocycles. The molecular weight excluding hydrogens is 466 g/mol. The zero-order valence-electron chi connectivity index (χ0n) is 22.2. The summed E-state index contributed by atoms with van der Waals surface area (Å²) >= 11 is 4.29. The summed E-state index contributed by atoms with van der Waals surface area (Å²) in [5.74, 6) is -0.889. The second-order valence-electron chi connectivity index (χ2n) is 10.1. The number of amides is 3. The van der Waals surface area contributed by atoms with Gasteiger partial charge in [-0.05, 0) is 53.5 Å². The van der Waals surface area contributed by atoms with E-state index in [0.717, 1.165) is 19.3 Å². The molecule has 0 heterocycles. The van der Waals surface area contributed by atoms with Crippen molar-refractivity contribution in [2.75, 3.05) is 12.3 Å². The second kappa shape index (κ2) is 14.2. The van der Waals surface area contributed by atoms with Crippen LogP contribution in [-0.2, 0) is 14.3 Å². The molecule has 2 unspecified atom stereocenters. The number of hydrogen-bond donors (Lipinski definition) is 4. The summed E-state index contributed by atoms with van der Waals surface area (Å²) in [5.41, 5.74) is 0.198. The highest BCUT2D eigenvalue weighted by atomic mass is 32.1. The van der Waals surface area contributed by atoms with E-state index < -0.39 is 35.6 Å². The molecule has 0 saturated carbocycles. The topological polar surface area (TPSA) is 108 Å². The Morgan fingerprint density at radius 1 is 1.11 bits per heavy atom. The predicted octanol–water partition coefficient (Wildman–Crippen LogP) is 4.50. The van der Waals surface area contributed by atoms with Crippen molar-refractivity contribution in [3.8, 4) is 5.75 Å². The second-order valence-corrected chi connectivity index (χ2v) is 10.4. The molecule has 2 atom stereocenters. The lowest BCUT2D eigenvalue weighted by Crippen LogP contribution is -2.54. The third-order valence-electron chi connectivity index (χ3n) is 5.26. The summed E-state index contributed by atoms with van der Waals surface area (Å²) in [6.07, 6.45) is 2.82. The third kappa shape index (κ3) is 9.99. The highest BCUT2D eigenvalue weighted by Gasteiger charge is 2.37. The number of benzene rings is 1. The van der Waals surface area contributed by atoms with E-state index in [1.807, 2.05) is 13.8 Å². The molecule has 0 radical (unpaired) electrons. The number of nitrogens with one attached hydrogen (secondary N) is 2. The first-order valence-corrected chi connectivity index (χ1v) is 12.9. The van der Waals surface area contributed by atoms with Gasteiger partial charge in [0.15, 0.2) is 0 Å². The third-order valence-corrected chi connectivity index (χ3v) is 5.63. The van der Waals surface area contributed by atoms with E-state index in [4.69, 9.17) is 4.74 Å². The minimum atomic E-state index is -1.07. The molecule has 0 bridgehead atoms. The van der Waals surface area contributed by atoms with Gasteiger partial charge in [-0.1, -0.05) is 44.4 Å². The first-order chi connectivity index (χ1) is 16.3. The standard InChI is InChI=1S/C26H43N3O5S/c1-8-9-10-11-15-29(24(32)20(16-35)28-25(33)34-26(5,6)7)21(23(31)27-17(2)3)19-14-12-13-18(4)22(19)30/h12-14,17,20-21,30,35H,8-11,15-16H2,1-7H3,(H,27,31)(H,28,33). The molecule has 198 valence electrons. The average molecular weight is 510 g/mol. The molecule has 0 aliphatic rings. The van der Waals surface area contributed by atoms with Gasteiger partial charge in [0.05, 0.1) is 0 Å². The van der Waals surface area contributed by atoms with Crippen LogP contribution in [0.3, 0.4) is 0 Å². The van der Waals surface area contributed by atoms with Gasteiger partial charge in [0, 0.05) is 23.9 Å². The van der Waals surface area contributed by atoms with Crippen molar-refractivity contribution >= 4 is 30.5 Å². The van der Waals surface area contributed by atoms with Crippen LogP contribution in [0.15, 0.2) is 18.2 Å². The Bertz CT molecular complexity index is 854. The number of aryl methyl sites for hydroxylation is 1. The van der Waals surface area contributed by atoms with Crippen molar-refractivity contribution in [3.05, 3.63) is 29.3 Å². The zero-order valence-corrected chi connectivity index (χ0v) is 23.1. The van der Waals surface area contributed by atoms with Gasteiger partial charge in [0.1, 0.15) is 23.4 Å². The number of para-hydroxylation sites is 1. The summed E-state index contributed by atoms with van der Waals surface area (Å²) in [4.78, 5) is 41.1. The molecule has 1 aromatic rings. The summed E-state index contributed by atoms with van der Waals surface area (Å²) in [5, 5.41) is 16.3.